The molecule has 3 atom stereocenters. The molecule has 1 aromatic rings. The van der Waals surface area contributed by atoms with Crippen LogP contribution < -0.4 is 0 Å². The number of esters is 1. The van der Waals surface area contributed by atoms with Gasteiger partial charge < -0.3 is 24.4 Å². The zero-order valence-electron chi connectivity index (χ0n) is 18.1. The summed E-state index contributed by atoms with van der Waals surface area (Å²) in [6.07, 6.45) is 10.5. The summed E-state index contributed by atoms with van der Waals surface area (Å²) in [5, 5.41) is 20.1. The maximum atomic E-state index is 12.5. The molecule has 0 saturated carbocycles. The number of ether oxygens (including phenoxy) is 3. The highest BCUT2D eigenvalue weighted by molar-refractivity contribution is 5.97. The van der Waals surface area contributed by atoms with Crippen molar-refractivity contribution < 1.29 is 29.2 Å². The van der Waals surface area contributed by atoms with Crippen molar-refractivity contribution in [1.29, 1.82) is 0 Å². The van der Waals surface area contributed by atoms with Crippen molar-refractivity contribution in [3.05, 3.63) is 54.1 Å². The molecule has 1 saturated heterocycles. The lowest BCUT2D eigenvalue weighted by atomic mass is 10.0. The van der Waals surface area contributed by atoms with Crippen molar-refractivity contribution in [3.63, 3.8) is 0 Å². The molecule has 30 heavy (non-hydrogen) atoms. The molecule has 1 aromatic carbocycles. The highest BCUT2D eigenvalue weighted by atomic mass is 16.7. The number of carbonyl (C=O) groups excluding carboxylic acids is 1. The van der Waals surface area contributed by atoms with Crippen LogP contribution >= 0.6 is 0 Å². The molecule has 0 unspecified atom stereocenters. The number of hydrogen-bond acceptors (Lipinski definition) is 6. The predicted molar refractivity (Wildman–Crippen MR) is 116 cm³/mol. The van der Waals surface area contributed by atoms with E-state index in [-0.39, 0.29) is 35.4 Å². The third-order valence-electron chi connectivity index (χ3n) is 4.66. The number of carbonyl (C=O) groups is 1. The summed E-state index contributed by atoms with van der Waals surface area (Å²) in [6.45, 7) is 11.1. The Bertz CT molecular complexity index is 808. The first-order valence-electron chi connectivity index (χ1n) is 10.2. The van der Waals surface area contributed by atoms with Gasteiger partial charge in [0.05, 0.1) is 6.10 Å². The Kier molecular flexibility index (Phi) is 8.26. The number of phenolic OH excluding ortho intramolecular Hbond substituents is 2. The minimum Gasteiger partial charge on any atom is -0.508 e. The van der Waals surface area contributed by atoms with Crippen molar-refractivity contribution in [2.75, 3.05) is 0 Å². The van der Waals surface area contributed by atoms with Crippen LogP contribution in [0.3, 0.4) is 0 Å². The lowest BCUT2D eigenvalue weighted by Gasteiger charge is -2.16. The van der Waals surface area contributed by atoms with Gasteiger partial charge in [-0.15, -0.1) is 6.58 Å². The molecule has 0 spiro atoms. The molecule has 2 rings (SSSR count). The second-order valence-corrected chi connectivity index (χ2v) is 7.81. The van der Waals surface area contributed by atoms with E-state index in [1.54, 1.807) is 19.1 Å². The molecular formula is C24H32O6. The minimum absolute atomic E-state index is 0.0216. The number of rotatable bonds is 9. The zero-order chi connectivity index (χ0) is 22.3. The van der Waals surface area contributed by atoms with Gasteiger partial charge in [-0.3, -0.25) is 0 Å². The maximum absolute atomic E-state index is 12.5. The van der Waals surface area contributed by atoms with E-state index in [0.29, 0.717) is 18.4 Å². The Labute approximate surface area is 178 Å². The monoisotopic (exact) mass is 416 g/mol. The van der Waals surface area contributed by atoms with E-state index >= 15 is 0 Å². The summed E-state index contributed by atoms with van der Waals surface area (Å²) in [7, 11) is 0. The van der Waals surface area contributed by atoms with Crippen molar-refractivity contribution in [2.24, 2.45) is 0 Å². The van der Waals surface area contributed by atoms with Gasteiger partial charge in [0.1, 0.15) is 29.3 Å². The molecular weight excluding hydrogens is 384 g/mol. The van der Waals surface area contributed by atoms with Gasteiger partial charge in [0.25, 0.3) is 0 Å². The highest BCUT2D eigenvalue weighted by Crippen LogP contribution is 2.32. The predicted octanol–water partition coefficient (Wildman–Crippen LogP) is 5.11. The highest BCUT2D eigenvalue weighted by Gasteiger charge is 2.39. The molecule has 6 nitrogen and oxygen atoms in total. The Morgan fingerprint density at radius 1 is 1.33 bits per heavy atom. The van der Waals surface area contributed by atoms with Crippen LogP contribution in [-0.4, -0.2) is 40.3 Å². The van der Waals surface area contributed by atoms with Crippen LogP contribution in [0.4, 0.5) is 0 Å². The van der Waals surface area contributed by atoms with Crippen LogP contribution in [0.2, 0.25) is 0 Å². The van der Waals surface area contributed by atoms with Crippen LogP contribution in [0.1, 0.15) is 62.9 Å². The van der Waals surface area contributed by atoms with Gasteiger partial charge in [-0.1, -0.05) is 30.4 Å². The van der Waals surface area contributed by atoms with Gasteiger partial charge in [-0.2, -0.15) is 0 Å². The lowest BCUT2D eigenvalue weighted by Crippen LogP contribution is -2.21. The van der Waals surface area contributed by atoms with Gasteiger partial charge >= 0.3 is 5.97 Å². The number of allylic oxidation sites excluding steroid dienone is 2. The minimum atomic E-state index is -0.649. The molecule has 0 aliphatic carbocycles. The van der Waals surface area contributed by atoms with E-state index in [1.807, 2.05) is 39.0 Å². The van der Waals surface area contributed by atoms with E-state index < -0.39 is 11.8 Å². The normalized spacial score (nSPS) is 21.9. The molecule has 1 aliphatic rings. The molecule has 1 heterocycles. The van der Waals surface area contributed by atoms with E-state index in [0.717, 1.165) is 12.5 Å². The first-order valence-corrected chi connectivity index (χ1v) is 10.2. The van der Waals surface area contributed by atoms with Crippen LogP contribution in [0.5, 0.6) is 11.5 Å². The average Bonchev–Trinajstić information content (AvgIpc) is 2.92. The molecule has 6 heteroatoms. The molecule has 0 aromatic heterocycles. The first-order chi connectivity index (χ1) is 14.2. The van der Waals surface area contributed by atoms with Crippen LogP contribution in [-0.2, 0) is 14.2 Å². The van der Waals surface area contributed by atoms with E-state index in [9.17, 15) is 15.0 Å². The summed E-state index contributed by atoms with van der Waals surface area (Å²) < 4.78 is 17.2. The number of phenols is 2. The summed E-state index contributed by atoms with van der Waals surface area (Å²) in [6, 6.07) is 2.55. The topological polar surface area (TPSA) is 85.2 Å². The average molecular weight is 417 g/mol. The smallest absolute Gasteiger partial charge is 0.342 e. The fourth-order valence-electron chi connectivity index (χ4n) is 3.42. The quantitative estimate of drug-likeness (QED) is 0.430. The second-order valence-electron chi connectivity index (χ2n) is 7.81. The summed E-state index contributed by atoms with van der Waals surface area (Å²) in [5.74, 6) is -1.74. The Morgan fingerprint density at radius 2 is 2.07 bits per heavy atom. The molecule has 164 valence electrons. The van der Waals surface area contributed by atoms with Gasteiger partial charge in [-0.05, 0) is 52.2 Å². The second kappa shape index (κ2) is 10.5. The molecule has 0 amide bonds. The van der Waals surface area contributed by atoms with Gasteiger partial charge in [0, 0.05) is 12.5 Å². The zero-order valence-corrected chi connectivity index (χ0v) is 18.1. The van der Waals surface area contributed by atoms with Gasteiger partial charge in [-0.25, -0.2) is 4.79 Å². The number of benzene rings is 1. The van der Waals surface area contributed by atoms with Crippen LogP contribution in [0.15, 0.2) is 43.0 Å². The number of aromatic hydroxyl groups is 2. The fraction of sp³-hybridized carbons (Fsp3) is 0.458. The van der Waals surface area contributed by atoms with Crippen LogP contribution in [0, 0.1) is 0 Å². The molecule has 1 fully saturated rings. The van der Waals surface area contributed by atoms with E-state index in [2.05, 4.69) is 6.58 Å². The largest absolute Gasteiger partial charge is 0.508 e. The molecule has 1 aliphatic heterocycles. The summed E-state index contributed by atoms with van der Waals surface area (Å²) >= 11 is 0. The molecule has 2 N–H and O–H groups in total. The standard InChI is InChI=1S/C24H32O6/c1-6-10-16(3)28-23(27)22-17(14-18(25)15-19(22)26)12-8-9-13-21-20(11-7-2)29-24(4,5)30-21/h6-8,11-12,14-16,20-21,25-26H,1,9-10,13H2,2-5H3/b11-7-,12-8+/t16-,20+,21-/m0/s1. The Balaban J connectivity index is 2.11. The first kappa shape index (κ1) is 23.7. The maximum Gasteiger partial charge on any atom is 0.342 e. The van der Waals surface area contributed by atoms with Crippen molar-refractivity contribution >= 4 is 12.0 Å². The van der Waals surface area contributed by atoms with E-state index in [1.165, 1.54) is 6.07 Å². The molecule has 0 bridgehead atoms. The van der Waals surface area contributed by atoms with Gasteiger partial charge in [0.2, 0.25) is 0 Å². The molecule has 0 radical (unpaired) electrons. The Morgan fingerprint density at radius 3 is 2.73 bits per heavy atom. The van der Waals surface area contributed by atoms with Crippen molar-refractivity contribution in [1.82, 2.24) is 0 Å². The van der Waals surface area contributed by atoms with E-state index in [4.69, 9.17) is 14.2 Å². The third-order valence-corrected chi connectivity index (χ3v) is 4.66. The lowest BCUT2D eigenvalue weighted by molar-refractivity contribution is -0.143. The Hall–Kier alpha value is -2.57. The summed E-state index contributed by atoms with van der Waals surface area (Å²) in [5.41, 5.74) is 0.408. The fourth-order valence-corrected chi connectivity index (χ4v) is 3.42. The third kappa shape index (κ3) is 6.47. The summed E-state index contributed by atoms with van der Waals surface area (Å²) in [4.78, 5) is 12.5. The van der Waals surface area contributed by atoms with Gasteiger partial charge in [0.15, 0.2) is 5.79 Å². The SMILES string of the molecule is C=CC[C@H](C)OC(=O)c1c(O)cc(O)cc1/C=C/CC[C@@H]1OC(C)(C)O[C@@H]1/C=C\C. The van der Waals surface area contributed by atoms with Crippen molar-refractivity contribution in [3.8, 4) is 11.5 Å². The van der Waals surface area contributed by atoms with Crippen LogP contribution in [0.25, 0.3) is 6.08 Å². The number of hydrogen-bond donors (Lipinski definition) is 2. The van der Waals surface area contributed by atoms with Crippen molar-refractivity contribution in [2.45, 2.75) is 71.1 Å².